The molecule has 29 heavy (non-hydrogen) atoms. The summed E-state index contributed by atoms with van der Waals surface area (Å²) >= 11 is 1.28. The lowest BCUT2D eigenvalue weighted by Crippen LogP contribution is -2.42. The molecule has 152 valence electrons. The number of thiophene rings is 1. The number of hydrogen-bond acceptors (Lipinski definition) is 5. The number of alkyl halides is 3. The largest absolute Gasteiger partial charge is 0.391 e. The monoisotopic (exact) mass is 422 g/mol. The van der Waals surface area contributed by atoms with Crippen LogP contribution >= 0.6 is 11.3 Å². The number of carbonyl (C=O) groups excluding carboxylic acids is 1. The van der Waals surface area contributed by atoms with Crippen LogP contribution in [0.25, 0.3) is 21.7 Å². The van der Waals surface area contributed by atoms with Crippen LogP contribution in [0.4, 0.5) is 13.2 Å². The molecule has 1 aliphatic heterocycles. The van der Waals surface area contributed by atoms with Crippen molar-refractivity contribution in [3.63, 3.8) is 0 Å². The molecule has 1 fully saturated rings. The van der Waals surface area contributed by atoms with Gasteiger partial charge in [0.2, 0.25) is 0 Å². The number of aromatic amines is 1. The Labute approximate surface area is 167 Å². The maximum atomic E-state index is 12.9. The molecule has 3 aromatic rings. The van der Waals surface area contributed by atoms with Gasteiger partial charge in [-0.05, 0) is 42.8 Å². The Kier molecular flexibility index (Phi) is 4.89. The number of nitrogens with one attached hydrogen (secondary N) is 1. The summed E-state index contributed by atoms with van der Waals surface area (Å²) in [6, 6.07) is 3.27. The maximum absolute atomic E-state index is 12.9. The van der Waals surface area contributed by atoms with E-state index in [1.807, 2.05) is 0 Å². The highest BCUT2D eigenvalue weighted by Gasteiger charge is 2.41. The zero-order valence-corrected chi connectivity index (χ0v) is 16.2. The van der Waals surface area contributed by atoms with E-state index < -0.39 is 12.1 Å². The molecule has 0 spiro atoms. The minimum absolute atomic E-state index is 0.0516. The fourth-order valence-corrected chi connectivity index (χ4v) is 4.30. The van der Waals surface area contributed by atoms with Gasteiger partial charge in [-0.2, -0.15) is 13.2 Å². The number of likely N-dealkylation sites (tertiary alicyclic amines) is 1. The second-order valence-electron chi connectivity index (χ2n) is 6.99. The number of rotatable bonds is 2. The first kappa shape index (κ1) is 19.6. The van der Waals surface area contributed by atoms with Gasteiger partial charge in [-0.1, -0.05) is 0 Å². The predicted molar refractivity (Wildman–Crippen MR) is 103 cm³/mol. The van der Waals surface area contributed by atoms with Crippen LogP contribution in [0.3, 0.4) is 0 Å². The lowest BCUT2D eigenvalue weighted by atomic mass is 9.95. The van der Waals surface area contributed by atoms with Gasteiger partial charge < -0.3 is 9.88 Å². The molecule has 10 heteroatoms. The molecule has 0 unspecified atom stereocenters. The number of piperidine rings is 1. The molecule has 1 saturated heterocycles. The van der Waals surface area contributed by atoms with Crippen molar-refractivity contribution in [2.45, 2.75) is 25.9 Å². The second-order valence-corrected chi connectivity index (χ2v) is 7.91. The summed E-state index contributed by atoms with van der Waals surface area (Å²) in [6.07, 6.45) is -2.99. The summed E-state index contributed by atoms with van der Waals surface area (Å²) in [7, 11) is 0. The van der Waals surface area contributed by atoms with Gasteiger partial charge in [0.05, 0.1) is 11.4 Å². The predicted octanol–water partition coefficient (Wildman–Crippen LogP) is 3.77. The van der Waals surface area contributed by atoms with Gasteiger partial charge in [0, 0.05) is 24.8 Å². The molecule has 0 atom stereocenters. The van der Waals surface area contributed by atoms with Crippen LogP contribution in [-0.4, -0.2) is 45.0 Å². The Morgan fingerprint density at radius 2 is 2.00 bits per heavy atom. The number of fused-ring (bicyclic) bond motifs is 1. The molecule has 4 rings (SSSR count). The van der Waals surface area contributed by atoms with Crippen LogP contribution in [0.1, 0.15) is 28.8 Å². The Morgan fingerprint density at radius 1 is 1.28 bits per heavy atom. The number of carbonyl (C=O) groups is 1. The van der Waals surface area contributed by atoms with Crippen LogP contribution < -0.4 is 5.56 Å². The van der Waals surface area contributed by atoms with Gasteiger partial charge in [0.25, 0.3) is 11.5 Å². The smallest absolute Gasteiger partial charge is 0.339 e. The second kappa shape index (κ2) is 7.25. The topological polar surface area (TPSA) is 79.0 Å². The van der Waals surface area contributed by atoms with Crippen molar-refractivity contribution >= 4 is 27.5 Å². The van der Waals surface area contributed by atoms with Crippen molar-refractivity contribution in [1.82, 2.24) is 19.9 Å². The molecule has 6 nitrogen and oxygen atoms in total. The average Bonchev–Trinajstić information content (AvgIpc) is 3.16. The first-order chi connectivity index (χ1) is 13.8. The van der Waals surface area contributed by atoms with Crippen molar-refractivity contribution in [1.29, 1.82) is 0 Å². The molecule has 3 aromatic heterocycles. The van der Waals surface area contributed by atoms with E-state index in [2.05, 4.69) is 15.0 Å². The number of amides is 1. The molecule has 1 aliphatic rings. The van der Waals surface area contributed by atoms with Crippen LogP contribution in [0.5, 0.6) is 0 Å². The molecule has 0 radical (unpaired) electrons. The van der Waals surface area contributed by atoms with E-state index in [4.69, 9.17) is 0 Å². The number of hydrogen-bond donors (Lipinski definition) is 1. The van der Waals surface area contributed by atoms with Crippen LogP contribution in [0, 0.1) is 12.8 Å². The SMILES string of the molecule is Cc1c(C(=O)N2CCC(C(F)(F)F)CC2)ccnc1-c1nc2ccsc2c(=O)[nH]1. The first-order valence-electron chi connectivity index (χ1n) is 9.05. The lowest BCUT2D eigenvalue weighted by molar-refractivity contribution is -0.183. The van der Waals surface area contributed by atoms with E-state index in [0.29, 0.717) is 27.0 Å². The van der Waals surface area contributed by atoms with Crippen LogP contribution in [0.2, 0.25) is 0 Å². The molecule has 1 N–H and O–H groups in total. The fourth-order valence-electron chi connectivity index (χ4n) is 3.57. The van der Waals surface area contributed by atoms with E-state index >= 15 is 0 Å². The van der Waals surface area contributed by atoms with Crippen LogP contribution in [0.15, 0.2) is 28.5 Å². The molecule has 4 heterocycles. The number of aromatic nitrogens is 3. The minimum atomic E-state index is -4.23. The molecule has 0 aliphatic carbocycles. The van der Waals surface area contributed by atoms with Crippen molar-refractivity contribution in [3.05, 3.63) is 45.2 Å². The Morgan fingerprint density at radius 3 is 2.69 bits per heavy atom. The van der Waals surface area contributed by atoms with E-state index in [1.165, 1.54) is 28.5 Å². The fraction of sp³-hybridized carbons (Fsp3) is 0.368. The quantitative estimate of drug-likeness (QED) is 0.682. The van der Waals surface area contributed by atoms with Gasteiger partial charge in [0.1, 0.15) is 10.4 Å². The third kappa shape index (κ3) is 3.64. The third-order valence-corrected chi connectivity index (χ3v) is 6.12. The molecule has 0 bridgehead atoms. The summed E-state index contributed by atoms with van der Waals surface area (Å²) in [4.78, 5) is 38.0. The Hall–Kier alpha value is -2.75. The van der Waals surface area contributed by atoms with Crippen molar-refractivity contribution in [3.8, 4) is 11.5 Å². The van der Waals surface area contributed by atoms with Crippen molar-refractivity contribution in [2.75, 3.05) is 13.1 Å². The summed E-state index contributed by atoms with van der Waals surface area (Å²) < 4.78 is 39.1. The highest BCUT2D eigenvalue weighted by atomic mass is 32.1. The average molecular weight is 422 g/mol. The number of H-pyrrole nitrogens is 1. The normalized spacial score (nSPS) is 15.8. The third-order valence-electron chi connectivity index (χ3n) is 5.22. The van der Waals surface area contributed by atoms with E-state index in [0.717, 1.165) is 0 Å². The van der Waals surface area contributed by atoms with Crippen molar-refractivity contribution in [2.24, 2.45) is 5.92 Å². The molecular formula is C19H17F3N4O2S. The molecule has 0 saturated carbocycles. The summed E-state index contributed by atoms with van der Waals surface area (Å²) in [5, 5.41) is 1.77. The lowest BCUT2D eigenvalue weighted by Gasteiger charge is -2.33. The van der Waals surface area contributed by atoms with Crippen molar-refractivity contribution < 1.29 is 18.0 Å². The number of pyridine rings is 1. The highest BCUT2D eigenvalue weighted by Crippen LogP contribution is 2.34. The molecule has 0 aromatic carbocycles. The first-order valence-corrected chi connectivity index (χ1v) is 9.93. The van der Waals surface area contributed by atoms with Gasteiger partial charge in [-0.25, -0.2) is 4.98 Å². The highest BCUT2D eigenvalue weighted by molar-refractivity contribution is 7.17. The standard InChI is InChI=1S/C19H17F3N4O2S/c1-10-12(18(28)26-7-3-11(4-8-26)19(20,21)22)2-6-23-14(10)16-24-13-5-9-29-15(13)17(27)25-16/h2,5-6,9,11H,3-4,7-8H2,1H3,(H,24,25,27). The van der Waals surface area contributed by atoms with Gasteiger partial charge in [-0.3, -0.25) is 14.6 Å². The summed E-state index contributed by atoms with van der Waals surface area (Å²) in [5.74, 6) is -1.46. The van der Waals surface area contributed by atoms with Gasteiger partial charge in [-0.15, -0.1) is 11.3 Å². The van der Waals surface area contributed by atoms with E-state index in [9.17, 15) is 22.8 Å². The van der Waals surface area contributed by atoms with Gasteiger partial charge in [0.15, 0.2) is 5.82 Å². The van der Waals surface area contributed by atoms with E-state index in [-0.39, 0.29) is 43.2 Å². The maximum Gasteiger partial charge on any atom is 0.391 e. The zero-order valence-electron chi connectivity index (χ0n) is 15.4. The Bertz CT molecular complexity index is 1130. The summed E-state index contributed by atoms with van der Waals surface area (Å²) in [6.45, 7) is 1.79. The zero-order chi connectivity index (χ0) is 20.8. The van der Waals surface area contributed by atoms with E-state index in [1.54, 1.807) is 18.4 Å². The molecular weight excluding hydrogens is 405 g/mol. The van der Waals surface area contributed by atoms with Gasteiger partial charge >= 0.3 is 6.18 Å². The Balaban J connectivity index is 1.63. The number of halogens is 3. The number of nitrogens with zero attached hydrogens (tertiary/aromatic N) is 3. The van der Waals surface area contributed by atoms with Crippen LogP contribution in [-0.2, 0) is 0 Å². The molecule has 1 amide bonds. The minimum Gasteiger partial charge on any atom is -0.339 e. The summed E-state index contributed by atoms with van der Waals surface area (Å²) in [5.41, 5.74) is 1.49.